The van der Waals surface area contributed by atoms with Crippen LogP contribution in [0.1, 0.15) is 37.1 Å². The van der Waals surface area contributed by atoms with Gasteiger partial charge >= 0.3 is 0 Å². The first-order valence-electron chi connectivity index (χ1n) is 9.34. The zero-order valence-corrected chi connectivity index (χ0v) is 16.6. The molecule has 0 atom stereocenters. The van der Waals surface area contributed by atoms with Crippen molar-refractivity contribution < 1.29 is 4.79 Å². The summed E-state index contributed by atoms with van der Waals surface area (Å²) in [5.74, 6) is -0.142. The Labute approximate surface area is 155 Å². The van der Waals surface area contributed by atoms with Crippen molar-refractivity contribution in [2.45, 2.75) is 47.6 Å². The number of aryl methyl sites for hydroxylation is 3. The van der Waals surface area contributed by atoms with E-state index >= 15 is 0 Å². The summed E-state index contributed by atoms with van der Waals surface area (Å²) in [4.78, 5) is 31.6. The van der Waals surface area contributed by atoms with Crippen molar-refractivity contribution in [1.29, 1.82) is 0 Å². The topological polar surface area (TPSA) is 67.2 Å². The molecule has 142 valence electrons. The highest BCUT2D eigenvalue weighted by Crippen LogP contribution is 2.16. The Morgan fingerprint density at radius 2 is 1.81 bits per heavy atom. The van der Waals surface area contributed by atoms with Crippen LogP contribution in [0.4, 0.5) is 0 Å². The van der Waals surface area contributed by atoms with Gasteiger partial charge in [-0.25, -0.2) is 4.98 Å². The van der Waals surface area contributed by atoms with Crippen molar-refractivity contribution in [1.82, 2.24) is 19.8 Å². The van der Waals surface area contributed by atoms with Crippen LogP contribution in [0.15, 0.2) is 16.9 Å². The second kappa shape index (κ2) is 8.94. The van der Waals surface area contributed by atoms with Crippen molar-refractivity contribution >= 4 is 16.9 Å². The highest BCUT2D eigenvalue weighted by molar-refractivity contribution is 5.81. The fraction of sp³-hybridized carbons (Fsp3) is 0.550. The first-order valence-corrected chi connectivity index (χ1v) is 9.34. The average Bonchev–Trinajstić information content (AvgIpc) is 2.61. The largest absolute Gasteiger partial charge is 0.355 e. The Hall–Kier alpha value is -2.21. The summed E-state index contributed by atoms with van der Waals surface area (Å²) in [6.45, 7) is 13.6. The summed E-state index contributed by atoms with van der Waals surface area (Å²) in [5.41, 5.74) is 3.86. The summed E-state index contributed by atoms with van der Waals surface area (Å²) in [7, 11) is 0. The third-order valence-electron chi connectivity index (χ3n) is 4.89. The van der Waals surface area contributed by atoms with Crippen LogP contribution in [-0.2, 0) is 11.3 Å². The number of carbonyl (C=O) groups is 1. The van der Waals surface area contributed by atoms with Crippen LogP contribution in [0, 0.1) is 20.8 Å². The molecule has 1 heterocycles. The third kappa shape index (κ3) is 4.69. The van der Waals surface area contributed by atoms with Gasteiger partial charge in [-0.3, -0.25) is 14.2 Å². The summed E-state index contributed by atoms with van der Waals surface area (Å²) < 4.78 is 1.53. The molecule has 6 heteroatoms. The summed E-state index contributed by atoms with van der Waals surface area (Å²) >= 11 is 0. The third-order valence-corrected chi connectivity index (χ3v) is 4.89. The molecule has 0 aliphatic rings. The number of hydrogen-bond acceptors (Lipinski definition) is 4. The smallest absolute Gasteiger partial charge is 0.272 e. The molecule has 0 aliphatic heterocycles. The van der Waals surface area contributed by atoms with Gasteiger partial charge in [-0.15, -0.1) is 0 Å². The number of hydrogen-bond donors (Lipinski definition) is 1. The van der Waals surface area contributed by atoms with Crippen LogP contribution in [-0.4, -0.2) is 46.5 Å². The molecular formula is C20H30N4O2. The van der Waals surface area contributed by atoms with Crippen LogP contribution in [0.25, 0.3) is 11.0 Å². The predicted octanol–water partition coefficient (Wildman–Crippen LogP) is 2.17. The minimum Gasteiger partial charge on any atom is -0.355 e. The SMILES string of the molecule is CCN(CC)CCCNC(=O)Cn1c(=O)c(C)nc2cc(C)c(C)cc21. The number of fused-ring (bicyclic) bond motifs is 1. The highest BCUT2D eigenvalue weighted by atomic mass is 16.2. The molecule has 0 radical (unpaired) electrons. The fourth-order valence-electron chi connectivity index (χ4n) is 3.05. The van der Waals surface area contributed by atoms with Crippen LogP contribution in [0.3, 0.4) is 0 Å². The number of nitrogens with zero attached hydrogens (tertiary/aromatic N) is 3. The first-order chi connectivity index (χ1) is 12.4. The van der Waals surface area contributed by atoms with Crippen LogP contribution in [0.2, 0.25) is 0 Å². The van der Waals surface area contributed by atoms with E-state index in [4.69, 9.17) is 0 Å². The molecule has 2 aromatic rings. The predicted molar refractivity (Wildman–Crippen MR) is 106 cm³/mol. The molecule has 2 rings (SSSR count). The van der Waals surface area contributed by atoms with Crippen molar-refractivity contribution in [2.24, 2.45) is 0 Å². The molecule has 0 saturated carbocycles. The monoisotopic (exact) mass is 358 g/mol. The lowest BCUT2D eigenvalue weighted by molar-refractivity contribution is -0.121. The Morgan fingerprint density at radius 3 is 2.46 bits per heavy atom. The number of benzene rings is 1. The normalized spacial score (nSPS) is 11.3. The lowest BCUT2D eigenvalue weighted by atomic mass is 10.1. The summed E-state index contributed by atoms with van der Waals surface area (Å²) in [6.07, 6.45) is 0.900. The Bertz CT molecular complexity index is 838. The molecular weight excluding hydrogens is 328 g/mol. The minimum absolute atomic E-state index is 0.0203. The molecule has 1 aromatic heterocycles. The van der Waals surface area contributed by atoms with E-state index in [1.165, 1.54) is 4.57 Å². The quantitative estimate of drug-likeness (QED) is 0.735. The minimum atomic E-state index is -0.209. The Balaban J connectivity index is 2.12. The first kappa shape index (κ1) is 20.1. The van der Waals surface area contributed by atoms with Gasteiger partial charge in [0.25, 0.3) is 5.56 Å². The maximum atomic E-state index is 12.5. The van der Waals surface area contributed by atoms with E-state index in [1.54, 1.807) is 6.92 Å². The maximum Gasteiger partial charge on any atom is 0.272 e. The number of carbonyl (C=O) groups excluding carboxylic acids is 1. The average molecular weight is 358 g/mol. The number of amides is 1. The van der Waals surface area contributed by atoms with Gasteiger partial charge in [0.2, 0.25) is 5.91 Å². The van der Waals surface area contributed by atoms with E-state index in [2.05, 4.69) is 29.0 Å². The summed E-state index contributed by atoms with van der Waals surface area (Å²) in [6, 6.07) is 3.90. The Kier molecular flexibility index (Phi) is 6.91. The van der Waals surface area contributed by atoms with Gasteiger partial charge in [-0.05, 0) is 70.1 Å². The van der Waals surface area contributed by atoms with Gasteiger partial charge in [0.05, 0.1) is 11.0 Å². The molecule has 6 nitrogen and oxygen atoms in total. The summed E-state index contributed by atoms with van der Waals surface area (Å²) in [5, 5.41) is 2.93. The highest BCUT2D eigenvalue weighted by Gasteiger charge is 2.12. The molecule has 0 bridgehead atoms. The number of nitrogens with one attached hydrogen (secondary N) is 1. The molecule has 1 aromatic carbocycles. The van der Waals surface area contributed by atoms with E-state index in [-0.39, 0.29) is 18.0 Å². The van der Waals surface area contributed by atoms with E-state index in [9.17, 15) is 9.59 Å². The molecule has 0 unspecified atom stereocenters. The second-order valence-electron chi connectivity index (χ2n) is 6.74. The molecule has 0 saturated heterocycles. The van der Waals surface area contributed by atoms with Crippen molar-refractivity contribution in [2.75, 3.05) is 26.2 Å². The molecule has 26 heavy (non-hydrogen) atoms. The van der Waals surface area contributed by atoms with Gasteiger partial charge in [0.15, 0.2) is 0 Å². The molecule has 1 N–H and O–H groups in total. The Morgan fingerprint density at radius 1 is 1.15 bits per heavy atom. The zero-order chi connectivity index (χ0) is 19.3. The van der Waals surface area contributed by atoms with Gasteiger partial charge < -0.3 is 10.2 Å². The van der Waals surface area contributed by atoms with Crippen molar-refractivity contribution in [3.8, 4) is 0 Å². The fourth-order valence-corrected chi connectivity index (χ4v) is 3.05. The van der Waals surface area contributed by atoms with E-state index in [0.29, 0.717) is 17.8 Å². The van der Waals surface area contributed by atoms with Gasteiger partial charge in [0, 0.05) is 6.54 Å². The maximum absolute atomic E-state index is 12.5. The second-order valence-corrected chi connectivity index (χ2v) is 6.74. The standard InChI is InChI=1S/C20H30N4O2/c1-6-23(7-2)10-8-9-21-19(25)13-24-18-12-15(4)14(3)11-17(18)22-16(5)20(24)26/h11-12H,6-10,13H2,1-5H3,(H,21,25). The van der Waals surface area contributed by atoms with E-state index in [1.807, 2.05) is 26.0 Å². The number of rotatable bonds is 8. The van der Waals surface area contributed by atoms with Gasteiger partial charge in [-0.1, -0.05) is 13.8 Å². The van der Waals surface area contributed by atoms with Crippen LogP contribution < -0.4 is 10.9 Å². The molecule has 1 amide bonds. The van der Waals surface area contributed by atoms with Crippen LogP contribution in [0.5, 0.6) is 0 Å². The van der Waals surface area contributed by atoms with E-state index in [0.717, 1.165) is 42.7 Å². The molecule has 0 spiro atoms. The number of aromatic nitrogens is 2. The zero-order valence-electron chi connectivity index (χ0n) is 16.6. The van der Waals surface area contributed by atoms with Crippen LogP contribution >= 0.6 is 0 Å². The van der Waals surface area contributed by atoms with Gasteiger partial charge in [-0.2, -0.15) is 0 Å². The molecule has 0 aliphatic carbocycles. The van der Waals surface area contributed by atoms with Crippen molar-refractivity contribution in [3.05, 3.63) is 39.3 Å². The lowest BCUT2D eigenvalue weighted by Crippen LogP contribution is -2.35. The van der Waals surface area contributed by atoms with E-state index < -0.39 is 0 Å². The van der Waals surface area contributed by atoms with Crippen molar-refractivity contribution in [3.63, 3.8) is 0 Å². The van der Waals surface area contributed by atoms with Gasteiger partial charge in [0.1, 0.15) is 12.2 Å². The lowest BCUT2D eigenvalue weighted by Gasteiger charge is -2.18. The molecule has 0 fully saturated rings.